The number of halogens is 1. The summed E-state index contributed by atoms with van der Waals surface area (Å²) in [7, 11) is 0. The van der Waals surface area contributed by atoms with Crippen LogP contribution in [0.25, 0.3) is 0 Å². The third kappa shape index (κ3) is 8.45. The van der Waals surface area contributed by atoms with E-state index in [2.05, 4.69) is 5.32 Å². The summed E-state index contributed by atoms with van der Waals surface area (Å²) >= 11 is 0. The topological polar surface area (TPSA) is 50.8 Å². The zero-order chi connectivity index (χ0) is 18.0. The van der Waals surface area contributed by atoms with Crippen LogP contribution in [-0.4, -0.2) is 55.5 Å². The fraction of sp³-hybridized carbons (Fsp3) is 0.722. The van der Waals surface area contributed by atoms with Gasteiger partial charge in [0, 0.05) is 32.3 Å². The molecule has 0 aromatic rings. The van der Waals surface area contributed by atoms with Crippen LogP contribution < -0.4 is 5.32 Å². The van der Waals surface area contributed by atoms with Crippen LogP contribution in [0.3, 0.4) is 0 Å². The number of amides is 1. The highest BCUT2D eigenvalue weighted by molar-refractivity contribution is 5.68. The van der Waals surface area contributed by atoms with E-state index in [-0.39, 0.29) is 24.6 Å². The summed E-state index contributed by atoms with van der Waals surface area (Å²) in [6, 6.07) is 0.000582. The molecular formula is C18H31FN2O3. The lowest BCUT2D eigenvalue weighted by molar-refractivity contribution is 0.00734. The molecule has 1 rings (SSSR count). The van der Waals surface area contributed by atoms with E-state index in [1.807, 2.05) is 33.8 Å². The molecule has 0 spiro atoms. The van der Waals surface area contributed by atoms with Crippen molar-refractivity contribution in [2.24, 2.45) is 0 Å². The quantitative estimate of drug-likeness (QED) is 0.569. The van der Waals surface area contributed by atoms with Crippen LogP contribution in [0.1, 0.15) is 40.5 Å². The maximum atomic E-state index is 13.5. The van der Waals surface area contributed by atoms with E-state index in [0.29, 0.717) is 26.1 Å². The van der Waals surface area contributed by atoms with E-state index >= 15 is 0 Å². The molecule has 1 saturated heterocycles. The number of hydrogen-bond donors (Lipinski definition) is 1. The van der Waals surface area contributed by atoms with Crippen LogP contribution in [-0.2, 0) is 9.47 Å². The van der Waals surface area contributed by atoms with Crippen molar-refractivity contribution >= 4 is 6.09 Å². The van der Waals surface area contributed by atoms with Gasteiger partial charge < -0.3 is 19.7 Å². The van der Waals surface area contributed by atoms with Gasteiger partial charge in [-0.2, -0.15) is 0 Å². The predicted molar refractivity (Wildman–Crippen MR) is 93.7 cm³/mol. The lowest BCUT2D eigenvalue weighted by atomic mass is 10.1. The Hall–Kier alpha value is -1.40. The van der Waals surface area contributed by atoms with Crippen molar-refractivity contribution < 1.29 is 18.7 Å². The molecule has 1 aliphatic rings. The SMILES string of the molecule is CC/C=C\C=C(\F)COCC[C@@H]1CNCCN1C(=O)OC(C)(C)C. The standard InChI is InChI=1S/C18H31FN2O3/c1-5-6-7-8-15(19)14-23-12-9-16-13-20-10-11-21(16)17(22)24-18(2,3)4/h6-8,16,20H,5,9-14H2,1-4H3/b7-6-,15-8+/t16-/m1/s1. The molecule has 0 aromatic carbocycles. The number of piperazine rings is 1. The number of carbonyl (C=O) groups excluding carboxylic acids is 1. The number of ether oxygens (including phenoxy) is 2. The molecule has 24 heavy (non-hydrogen) atoms. The monoisotopic (exact) mass is 342 g/mol. The molecule has 1 amide bonds. The Labute approximate surface area is 144 Å². The van der Waals surface area contributed by atoms with Gasteiger partial charge in [-0.25, -0.2) is 9.18 Å². The van der Waals surface area contributed by atoms with E-state index in [1.165, 1.54) is 6.08 Å². The Morgan fingerprint density at radius 3 is 2.83 bits per heavy atom. The van der Waals surface area contributed by atoms with Crippen molar-refractivity contribution in [3.8, 4) is 0 Å². The Morgan fingerprint density at radius 2 is 2.17 bits per heavy atom. The molecule has 0 aromatic heterocycles. The average Bonchev–Trinajstić information content (AvgIpc) is 2.50. The second-order valence-electron chi connectivity index (χ2n) is 6.82. The van der Waals surface area contributed by atoms with Crippen LogP contribution in [0.5, 0.6) is 0 Å². The minimum absolute atomic E-state index is 0.000582. The maximum Gasteiger partial charge on any atom is 0.410 e. The third-order valence-corrected chi connectivity index (χ3v) is 3.46. The summed E-state index contributed by atoms with van der Waals surface area (Å²) in [5.41, 5.74) is -0.511. The van der Waals surface area contributed by atoms with E-state index < -0.39 is 5.60 Å². The molecule has 1 N–H and O–H groups in total. The predicted octanol–water partition coefficient (Wildman–Crippen LogP) is 3.42. The molecule has 1 heterocycles. The number of hydrogen-bond acceptors (Lipinski definition) is 4. The van der Waals surface area contributed by atoms with Crippen molar-refractivity contribution in [2.45, 2.75) is 52.2 Å². The first-order chi connectivity index (χ1) is 11.3. The van der Waals surface area contributed by atoms with E-state index in [0.717, 1.165) is 13.0 Å². The molecule has 1 aliphatic heterocycles. The normalized spacial score (nSPS) is 19.8. The van der Waals surface area contributed by atoms with Crippen LogP contribution in [0.15, 0.2) is 24.1 Å². The molecule has 0 saturated carbocycles. The zero-order valence-corrected chi connectivity index (χ0v) is 15.3. The molecule has 1 fully saturated rings. The Balaban J connectivity index is 2.39. The third-order valence-electron chi connectivity index (χ3n) is 3.46. The fourth-order valence-corrected chi connectivity index (χ4v) is 2.33. The van der Waals surface area contributed by atoms with E-state index in [9.17, 15) is 9.18 Å². The summed E-state index contributed by atoms with van der Waals surface area (Å²) in [5.74, 6) is -0.300. The summed E-state index contributed by atoms with van der Waals surface area (Å²) in [5, 5.41) is 3.27. The molecule has 0 aliphatic carbocycles. The fourth-order valence-electron chi connectivity index (χ4n) is 2.33. The summed E-state index contributed by atoms with van der Waals surface area (Å²) in [6.07, 6.45) is 6.20. The average molecular weight is 342 g/mol. The molecule has 6 heteroatoms. The minimum atomic E-state index is -0.511. The van der Waals surface area contributed by atoms with Gasteiger partial charge in [0.25, 0.3) is 0 Å². The highest BCUT2D eigenvalue weighted by Crippen LogP contribution is 2.15. The van der Waals surface area contributed by atoms with Gasteiger partial charge in [-0.05, 0) is 39.7 Å². The van der Waals surface area contributed by atoms with Crippen molar-refractivity contribution in [3.63, 3.8) is 0 Å². The first-order valence-corrected chi connectivity index (χ1v) is 8.62. The highest BCUT2D eigenvalue weighted by atomic mass is 19.1. The number of nitrogens with one attached hydrogen (secondary N) is 1. The minimum Gasteiger partial charge on any atom is -0.444 e. The molecular weight excluding hydrogens is 311 g/mol. The van der Waals surface area contributed by atoms with Gasteiger partial charge in [0.2, 0.25) is 0 Å². The van der Waals surface area contributed by atoms with E-state index in [4.69, 9.17) is 9.47 Å². The highest BCUT2D eigenvalue weighted by Gasteiger charge is 2.30. The number of carbonyl (C=O) groups is 1. The summed E-state index contributed by atoms with van der Waals surface area (Å²) in [4.78, 5) is 14.0. The first-order valence-electron chi connectivity index (χ1n) is 8.62. The molecule has 0 radical (unpaired) electrons. The van der Waals surface area contributed by atoms with Crippen LogP contribution in [0.2, 0.25) is 0 Å². The van der Waals surface area contributed by atoms with Gasteiger partial charge in [-0.3, -0.25) is 0 Å². The van der Waals surface area contributed by atoms with Gasteiger partial charge in [0.1, 0.15) is 11.4 Å². The van der Waals surface area contributed by atoms with Crippen molar-refractivity contribution in [1.82, 2.24) is 10.2 Å². The first kappa shape index (κ1) is 20.6. The zero-order valence-electron chi connectivity index (χ0n) is 15.3. The largest absolute Gasteiger partial charge is 0.444 e. The summed E-state index contributed by atoms with van der Waals surface area (Å²) < 4.78 is 24.3. The number of rotatable bonds is 7. The van der Waals surface area contributed by atoms with Gasteiger partial charge >= 0.3 is 6.09 Å². The molecule has 1 atom stereocenters. The van der Waals surface area contributed by atoms with Gasteiger partial charge in [-0.15, -0.1) is 0 Å². The molecule has 5 nitrogen and oxygen atoms in total. The lowest BCUT2D eigenvalue weighted by Gasteiger charge is -2.37. The van der Waals surface area contributed by atoms with Crippen LogP contribution >= 0.6 is 0 Å². The van der Waals surface area contributed by atoms with Gasteiger partial charge in [-0.1, -0.05) is 19.1 Å². The van der Waals surface area contributed by atoms with Crippen molar-refractivity contribution in [1.29, 1.82) is 0 Å². The smallest absolute Gasteiger partial charge is 0.410 e. The van der Waals surface area contributed by atoms with Crippen LogP contribution in [0, 0.1) is 0 Å². The van der Waals surface area contributed by atoms with E-state index in [1.54, 1.807) is 11.0 Å². The van der Waals surface area contributed by atoms with Crippen LogP contribution in [0.4, 0.5) is 9.18 Å². The Bertz CT molecular complexity index is 444. The summed E-state index contributed by atoms with van der Waals surface area (Å²) in [6.45, 7) is 9.96. The Kier molecular flexibility index (Phi) is 9.00. The Morgan fingerprint density at radius 1 is 1.42 bits per heavy atom. The van der Waals surface area contributed by atoms with Crippen molar-refractivity contribution in [3.05, 3.63) is 24.1 Å². The molecule has 0 unspecified atom stereocenters. The molecule has 138 valence electrons. The number of nitrogens with zero attached hydrogens (tertiary/aromatic N) is 1. The second-order valence-corrected chi connectivity index (χ2v) is 6.82. The molecule has 0 bridgehead atoms. The van der Waals surface area contributed by atoms with Crippen molar-refractivity contribution in [2.75, 3.05) is 32.8 Å². The van der Waals surface area contributed by atoms with Gasteiger partial charge in [0.05, 0.1) is 6.61 Å². The number of allylic oxidation sites excluding steroid dienone is 3. The lowest BCUT2D eigenvalue weighted by Crippen LogP contribution is -2.55. The van der Waals surface area contributed by atoms with Gasteiger partial charge in [0.15, 0.2) is 0 Å². The maximum absolute atomic E-state index is 13.5. The second kappa shape index (κ2) is 10.5.